The van der Waals surface area contributed by atoms with E-state index in [1.807, 2.05) is 29.0 Å². The van der Waals surface area contributed by atoms with Crippen molar-refractivity contribution in [1.29, 1.82) is 0 Å². The van der Waals surface area contributed by atoms with Gasteiger partial charge in [0.1, 0.15) is 5.82 Å². The van der Waals surface area contributed by atoms with E-state index in [-0.39, 0.29) is 0 Å². The average molecular weight is 358 g/mol. The zero-order valence-electron chi connectivity index (χ0n) is 14.0. The summed E-state index contributed by atoms with van der Waals surface area (Å²) >= 11 is 1.62. The second-order valence-electron chi connectivity index (χ2n) is 6.42. The van der Waals surface area contributed by atoms with Gasteiger partial charge in [-0.1, -0.05) is 6.42 Å². The number of nitrogens with one attached hydrogen (secondary N) is 1. The molecule has 0 amide bonds. The molecular weight excluding hydrogens is 336 g/mol. The molecule has 0 radical (unpaired) electrons. The number of nitrogens with zero attached hydrogens (tertiary/aromatic N) is 5. The van der Waals surface area contributed by atoms with Crippen LogP contribution in [0.2, 0.25) is 0 Å². The molecule has 4 rings (SSSR count). The molecule has 1 saturated heterocycles. The summed E-state index contributed by atoms with van der Waals surface area (Å²) in [6.07, 6.45) is 3.36. The fourth-order valence-electron chi connectivity index (χ4n) is 3.18. The van der Waals surface area contributed by atoms with E-state index in [1.165, 1.54) is 19.3 Å². The van der Waals surface area contributed by atoms with Crippen molar-refractivity contribution in [2.75, 3.05) is 31.5 Å². The Bertz CT molecular complexity index is 812. The van der Waals surface area contributed by atoms with Gasteiger partial charge in [-0.25, -0.2) is 0 Å². The molecule has 2 N–H and O–H groups in total. The lowest BCUT2D eigenvalue weighted by Gasteiger charge is -2.28. The van der Waals surface area contributed by atoms with Crippen molar-refractivity contribution in [2.45, 2.75) is 25.4 Å². The van der Waals surface area contributed by atoms with Gasteiger partial charge in [-0.2, -0.15) is 15.9 Å². The summed E-state index contributed by atoms with van der Waals surface area (Å²) in [6.45, 7) is 3.37. The van der Waals surface area contributed by atoms with Crippen LogP contribution >= 0.6 is 11.3 Å². The number of likely N-dealkylation sites (tertiary alicyclic amines) is 1. The second-order valence-corrected chi connectivity index (χ2v) is 7.20. The Morgan fingerprint density at radius 2 is 2.04 bits per heavy atom. The van der Waals surface area contributed by atoms with E-state index in [9.17, 15) is 5.11 Å². The maximum atomic E-state index is 10.3. The molecule has 0 bridgehead atoms. The van der Waals surface area contributed by atoms with Gasteiger partial charge in [-0.15, -0.1) is 15.3 Å². The predicted molar refractivity (Wildman–Crippen MR) is 98.9 cm³/mol. The number of β-amino-alcohol motifs (C(OH)–C–C–N with tert-alkyl or cyclic N) is 1. The van der Waals surface area contributed by atoms with Gasteiger partial charge < -0.3 is 15.3 Å². The molecule has 0 spiro atoms. The molecule has 25 heavy (non-hydrogen) atoms. The number of piperidine rings is 1. The Hall–Kier alpha value is -2.03. The van der Waals surface area contributed by atoms with Crippen molar-refractivity contribution in [2.24, 2.45) is 0 Å². The van der Waals surface area contributed by atoms with Crippen LogP contribution in [0.3, 0.4) is 0 Å². The third-order valence-corrected chi connectivity index (χ3v) is 5.16. The fraction of sp³-hybridized carbons (Fsp3) is 0.471. The second kappa shape index (κ2) is 7.47. The number of thiophene rings is 1. The van der Waals surface area contributed by atoms with E-state index in [1.54, 1.807) is 15.9 Å². The summed E-state index contributed by atoms with van der Waals surface area (Å²) < 4.78 is 1.74. The molecule has 3 aromatic heterocycles. The predicted octanol–water partition coefficient (Wildman–Crippen LogP) is 2.11. The summed E-state index contributed by atoms with van der Waals surface area (Å²) in [6, 6.07) is 5.76. The van der Waals surface area contributed by atoms with Crippen molar-refractivity contribution in [3.8, 4) is 11.4 Å². The molecule has 1 aliphatic heterocycles. The minimum absolute atomic E-state index is 0.409. The highest BCUT2D eigenvalue weighted by Crippen LogP contribution is 2.20. The SMILES string of the molecule is OC(CNc1ccc2nnc(-c3ccsc3)n2n1)CN1CCCCC1. The van der Waals surface area contributed by atoms with Crippen molar-refractivity contribution in [1.82, 2.24) is 24.7 Å². The maximum Gasteiger partial charge on any atom is 0.186 e. The van der Waals surface area contributed by atoms with Crippen LogP contribution in [0.15, 0.2) is 29.0 Å². The van der Waals surface area contributed by atoms with Gasteiger partial charge in [0.15, 0.2) is 11.5 Å². The first kappa shape index (κ1) is 16.4. The molecule has 0 aliphatic carbocycles. The number of aromatic nitrogens is 4. The highest BCUT2D eigenvalue weighted by atomic mass is 32.1. The quantitative estimate of drug-likeness (QED) is 0.703. The molecule has 4 heterocycles. The van der Waals surface area contributed by atoms with E-state index < -0.39 is 6.10 Å². The lowest BCUT2D eigenvalue weighted by Crippen LogP contribution is -2.39. The van der Waals surface area contributed by atoms with Crippen molar-refractivity contribution < 1.29 is 5.11 Å². The molecule has 7 nitrogen and oxygen atoms in total. The molecule has 1 unspecified atom stereocenters. The standard InChI is InChI=1S/C17H22N6OS/c24-14(11-22-7-2-1-3-8-22)10-18-15-4-5-16-19-20-17(23(16)21-15)13-6-9-25-12-13/h4-6,9,12,14,24H,1-3,7-8,10-11H2,(H,18,21). The molecule has 132 valence electrons. The van der Waals surface area contributed by atoms with Crippen LogP contribution in [0.5, 0.6) is 0 Å². The van der Waals surface area contributed by atoms with Crippen molar-refractivity contribution in [3.05, 3.63) is 29.0 Å². The summed E-state index contributed by atoms with van der Waals surface area (Å²) in [7, 11) is 0. The van der Waals surface area contributed by atoms with E-state index in [2.05, 4.69) is 25.5 Å². The van der Waals surface area contributed by atoms with E-state index >= 15 is 0 Å². The minimum Gasteiger partial charge on any atom is -0.390 e. The van der Waals surface area contributed by atoms with Crippen LogP contribution in [0.25, 0.3) is 17.0 Å². The normalized spacial score (nSPS) is 17.0. The Morgan fingerprint density at radius 3 is 2.84 bits per heavy atom. The van der Waals surface area contributed by atoms with Crippen LogP contribution in [0.4, 0.5) is 5.82 Å². The number of fused-ring (bicyclic) bond motifs is 1. The number of hydrogen-bond acceptors (Lipinski definition) is 7. The van der Waals surface area contributed by atoms with Gasteiger partial charge in [0, 0.05) is 24.0 Å². The molecular formula is C17H22N6OS. The molecule has 1 atom stereocenters. The zero-order chi connectivity index (χ0) is 17.1. The van der Waals surface area contributed by atoms with E-state index in [0.29, 0.717) is 24.6 Å². The van der Waals surface area contributed by atoms with E-state index in [4.69, 9.17) is 0 Å². The smallest absolute Gasteiger partial charge is 0.186 e. The topological polar surface area (TPSA) is 78.6 Å². The van der Waals surface area contributed by atoms with Crippen molar-refractivity contribution >= 4 is 22.8 Å². The van der Waals surface area contributed by atoms with Crippen LogP contribution in [-0.4, -0.2) is 62.1 Å². The Morgan fingerprint density at radius 1 is 1.16 bits per heavy atom. The van der Waals surface area contributed by atoms with Crippen LogP contribution in [0, 0.1) is 0 Å². The number of rotatable bonds is 6. The molecule has 8 heteroatoms. The van der Waals surface area contributed by atoms with Crippen LogP contribution in [-0.2, 0) is 0 Å². The van der Waals surface area contributed by atoms with Crippen molar-refractivity contribution in [3.63, 3.8) is 0 Å². The molecule has 3 aromatic rings. The Labute approximate surface area is 150 Å². The largest absolute Gasteiger partial charge is 0.390 e. The Balaban J connectivity index is 1.42. The third kappa shape index (κ3) is 3.81. The summed E-state index contributed by atoms with van der Waals surface area (Å²) in [5, 5.41) is 30.5. The van der Waals surface area contributed by atoms with E-state index in [0.717, 1.165) is 24.5 Å². The number of aliphatic hydroxyl groups is 1. The Kier molecular flexibility index (Phi) is 4.91. The van der Waals surface area contributed by atoms with Gasteiger partial charge in [0.25, 0.3) is 0 Å². The summed E-state index contributed by atoms with van der Waals surface area (Å²) in [5.41, 5.74) is 1.72. The highest BCUT2D eigenvalue weighted by molar-refractivity contribution is 7.08. The highest BCUT2D eigenvalue weighted by Gasteiger charge is 2.15. The first-order chi connectivity index (χ1) is 12.3. The van der Waals surface area contributed by atoms with Gasteiger partial charge in [0.05, 0.1) is 6.10 Å². The van der Waals surface area contributed by atoms with Gasteiger partial charge in [-0.05, 0) is 49.5 Å². The summed E-state index contributed by atoms with van der Waals surface area (Å²) in [5.74, 6) is 1.44. The zero-order valence-corrected chi connectivity index (χ0v) is 14.8. The number of anilines is 1. The van der Waals surface area contributed by atoms with Gasteiger partial charge in [-0.3, -0.25) is 0 Å². The third-order valence-electron chi connectivity index (χ3n) is 4.48. The first-order valence-corrected chi connectivity index (χ1v) is 9.63. The monoisotopic (exact) mass is 358 g/mol. The first-order valence-electron chi connectivity index (χ1n) is 8.69. The van der Waals surface area contributed by atoms with Gasteiger partial charge in [0.2, 0.25) is 0 Å². The average Bonchev–Trinajstić information content (AvgIpc) is 3.29. The van der Waals surface area contributed by atoms with Gasteiger partial charge >= 0.3 is 0 Å². The lowest BCUT2D eigenvalue weighted by atomic mass is 10.1. The van der Waals surface area contributed by atoms with Crippen LogP contribution < -0.4 is 5.32 Å². The summed E-state index contributed by atoms with van der Waals surface area (Å²) in [4.78, 5) is 2.33. The maximum absolute atomic E-state index is 10.3. The molecule has 1 aliphatic rings. The molecule has 0 saturated carbocycles. The lowest BCUT2D eigenvalue weighted by molar-refractivity contribution is 0.109. The van der Waals surface area contributed by atoms with Crippen LogP contribution in [0.1, 0.15) is 19.3 Å². The number of hydrogen-bond donors (Lipinski definition) is 2. The molecule has 1 fully saturated rings. The number of aliphatic hydroxyl groups excluding tert-OH is 1. The fourth-order valence-corrected chi connectivity index (χ4v) is 3.82. The minimum atomic E-state index is -0.409. The molecule has 0 aromatic carbocycles.